The van der Waals surface area contributed by atoms with Crippen molar-refractivity contribution in [2.75, 3.05) is 26.3 Å². The molecule has 0 spiro atoms. The second kappa shape index (κ2) is 10.6. The SMILES string of the molecule is CCOCCn1c(=NC(=O)C2CCN(S(=O)(=O)c3ccc(Cl)s3)CC2)sc2cc(C)c(C)cc21. The highest BCUT2D eigenvalue weighted by Crippen LogP contribution is 2.31. The lowest BCUT2D eigenvalue weighted by Gasteiger charge is -2.29. The number of aromatic nitrogens is 1. The number of thiazole rings is 1. The van der Waals surface area contributed by atoms with Crippen LogP contribution in [0.15, 0.2) is 33.5 Å². The van der Waals surface area contributed by atoms with E-state index in [9.17, 15) is 13.2 Å². The summed E-state index contributed by atoms with van der Waals surface area (Å²) < 4.78 is 36.5. The fraction of sp³-hybridized carbons (Fsp3) is 0.478. The third kappa shape index (κ3) is 5.32. The molecule has 1 aliphatic heterocycles. The highest BCUT2D eigenvalue weighted by molar-refractivity contribution is 7.91. The van der Waals surface area contributed by atoms with Gasteiger partial charge in [-0.15, -0.1) is 11.3 Å². The summed E-state index contributed by atoms with van der Waals surface area (Å²) >= 11 is 8.47. The van der Waals surface area contributed by atoms with Crippen LogP contribution >= 0.6 is 34.3 Å². The van der Waals surface area contributed by atoms with Gasteiger partial charge in [-0.1, -0.05) is 22.9 Å². The zero-order valence-electron chi connectivity index (χ0n) is 19.4. The summed E-state index contributed by atoms with van der Waals surface area (Å²) in [5.74, 6) is -0.492. The molecule has 0 saturated carbocycles. The molecule has 3 heterocycles. The van der Waals surface area contributed by atoms with Crippen LogP contribution in [-0.4, -0.2) is 49.5 Å². The molecule has 0 atom stereocenters. The van der Waals surface area contributed by atoms with Crippen molar-refractivity contribution in [2.45, 2.75) is 44.4 Å². The van der Waals surface area contributed by atoms with Gasteiger partial charge in [0.25, 0.3) is 15.9 Å². The zero-order valence-corrected chi connectivity index (χ0v) is 22.6. The van der Waals surface area contributed by atoms with Gasteiger partial charge < -0.3 is 9.30 Å². The summed E-state index contributed by atoms with van der Waals surface area (Å²) in [6.07, 6.45) is 0.894. The van der Waals surface area contributed by atoms with E-state index in [2.05, 4.69) is 35.5 Å². The van der Waals surface area contributed by atoms with Crippen molar-refractivity contribution in [1.29, 1.82) is 0 Å². The second-order valence-electron chi connectivity index (χ2n) is 8.32. The Morgan fingerprint density at radius 1 is 1.18 bits per heavy atom. The number of sulfonamides is 1. The van der Waals surface area contributed by atoms with Gasteiger partial charge in [-0.25, -0.2) is 8.42 Å². The minimum Gasteiger partial charge on any atom is -0.380 e. The molecule has 4 rings (SSSR count). The van der Waals surface area contributed by atoms with Crippen LogP contribution in [0.5, 0.6) is 0 Å². The van der Waals surface area contributed by atoms with Gasteiger partial charge in [0.2, 0.25) is 0 Å². The molecule has 3 aromatic rings. The second-order valence-corrected chi connectivity index (χ2v) is 13.2. The van der Waals surface area contributed by atoms with E-state index in [4.69, 9.17) is 16.3 Å². The monoisotopic (exact) mass is 541 g/mol. The first kappa shape index (κ1) is 25.5. The molecule has 0 unspecified atom stereocenters. The van der Waals surface area contributed by atoms with E-state index in [-0.39, 0.29) is 16.0 Å². The van der Waals surface area contributed by atoms with Gasteiger partial charge in [-0.05, 0) is 69.0 Å². The van der Waals surface area contributed by atoms with Gasteiger partial charge in [0.1, 0.15) is 4.21 Å². The first-order chi connectivity index (χ1) is 16.2. The standard InChI is InChI=1S/C23H28ClN3O4S3/c1-4-31-12-11-27-18-13-15(2)16(3)14-19(18)32-23(27)25-22(28)17-7-9-26(10-8-17)34(29,30)21-6-5-20(24)33-21/h5-6,13-14,17H,4,7-12H2,1-3H3. The maximum absolute atomic E-state index is 13.1. The van der Waals surface area contributed by atoms with Crippen molar-refractivity contribution >= 4 is 60.4 Å². The number of fused-ring (bicyclic) bond motifs is 1. The number of amides is 1. The molecule has 34 heavy (non-hydrogen) atoms. The van der Waals surface area contributed by atoms with E-state index < -0.39 is 10.0 Å². The van der Waals surface area contributed by atoms with E-state index in [1.54, 1.807) is 6.07 Å². The van der Waals surface area contributed by atoms with E-state index in [0.717, 1.165) is 21.6 Å². The Kier molecular flexibility index (Phi) is 7.95. The topological polar surface area (TPSA) is 81.0 Å². The highest BCUT2D eigenvalue weighted by Gasteiger charge is 2.33. The maximum atomic E-state index is 13.1. The average molecular weight is 542 g/mol. The number of ether oxygens (including phenoxy) is 1. The van der Waals surface area contributed by atoms with Crippen LogP contribution in [0.3, 0.4) is 0 Å². The predicted octanol–water partition coefficient (Wildman–Crippen LogP) is 4.60. The van der Waals surface area contributed by atoms with Crippen LogP contribution in [0.25, 0.3) is 10.2 Å². The molecule has 7 nitrogen and oxygen atoms in total. The molecule has 0 radical (unpaired) electrons. The molecule has 2 aromatic heterocycles. The Balaban J connectivity index is 1.55. The Morgan fingerprint density at radius 3 is 2.53 bits per heavy atom. The number of aryl methyl sites for hydroxylation is 2. The molecule has 1 fully saturated rings. The van der Waals surface area contributed by atoms with Crippen LogP contribution in [-0.2, 0) is 26.1 Å². The average Bonchev–Trinajstić information content (AvgIpc) is 3.38. The Hall–Kier alpha value is -1.56. The summed E-state index contributed by atoms with van der Waals surface area (Å²) in [6, 6.07) is 7.39. The molecule has 1 saturated heterocycles. The van der Waals surface area contributed by atoms with Crippen LogP contribution in [0.4, 0.5) is 0 Å². The highest BCUT2D eigenvalue weighted by atomic mass is 35.5. The first-order valence-corrected chi connectivity index (χ1v) is 14.7. The summed E-state index contributed by atoms with van der Waals surface area (Å²) in [6.45, 7) is 8.48. The van der Waals surface area contributed by atoms with Crippen LogP contribution in [0, 0.1) is 19.8 Å². The largest absolute Gasteiger partial charge is 0.380 e. The van der Waals surface area contributed by atoms with Crippen molar-refractivity contribution in [1.82, 2.24) is 8.87 Å². The predicted molar refractivity (Wildman–Crippen MR) is 137 cm³/mol. The number of hydrogen-bond donors (Lipinski definition) is 0. The van der Waals surface area contributed by atoms with E-state index in [0.29, 0.717) is 54.8 Å². The molecule has 1 aromatic carbocycles. The van der Waals surface area contributed by atoms with Crippen molar-refractivity contribution in [3.8, 4) is 0 Å². The fourth-order valence-electron chi connectivity index (χ4n) is 4.02. The molecule has 0 bridgehead atoms. The number of halogens is 1. The molecule has 0 aliphatic carbocycles. The number of thiophene rings is 1. The lowest BCUT2D eigenvalue weighted by atomic mass is 9.98. The smallest absolute Gasteiger partial charge is 0.252 e. The maximum Gasteiger partial charge on any atom is 0.252 e. The molecule has 11 heteroatoms. The number of benzene rings is 1. The Bertz CT molecular complexity index is 1370. The Morgan fingerprint density at radius 2 is 1.88 bits per heavy atom. The van der Waals surface area contributed by atoms with Crippen molar-refractivity contribution in [3.05, 3.63) is 44.5 Å². The molecule has 184 valence electrons. The van der Waals surface area contributed by atoms with Gasteiger partial charge >= 0.3 is 0 Å². The van der Waals surface area contributed by atoms with Gasteiger partial charge in [-0.3, -0.25) is 4.79 Å². The number of carbonyl (C=O) groups is 1. The first-order valence-electron chi connectivity index (χ1n) is 11.2. The van der Waals surface area contributed by atoms with E-state index in [1.165, 1.54) is 32.8 Å². The Labute approximate surface area is 212 Å². The lowest BCUT2D eigenvalue weighted by molar-refractivity contribution is -0.122. The van der Waals surface area contributed by atoms with Crippen LogP contribution < -0.4 is 4.80 Å². The van der Waals surface area contributed by atoms with Crippen molar-refractivity contribution in [3.63, 3.8) is 0 Å². The molecule has 1 aliphatic rings. The number of nitrogens with zero attached hydrogens (tertiary/aromatic N) is 3. The number of piperidine rings is 1. The van der Waals surface area contributed by atoms with Crippen molar-refractivity contribution in [2.24, 2.45) is 10.9 Å². The normalized spacial score (nSPS) is 16.5. The third-order valence-electron chi connectivity index (χ3n) is 6.11. The lowest BCUT2D eigenvalue weighted by Crippen LogP contribution is -2.40. The molecule has 0 N–H and O–H groups in total. The van der Waals surface area contributed by atoms with Crippen LogP contribution in [0.1, 0.15) is 30.9 Å². The van der Waals surface area contributed by atoms with E-state index in [1.807, 2.05) is 6.92 Å². The zero-order chi connectivity index (χ0) is 24.5. The van der Waals surface area contributed by atoms with E-state index >= 15 is 0 Å². The van der Waals surface area contributed by atoms with Gasteiger partial charge in [0.05, 0.1) is 21.2 Å². The van der Waals surface area contributed by atoms with Gasteiger partial charge in [0.15, 0.2) is 4.80 Å². The van der Waals surface area contributed by atoms with Crippen LogP contribution in [0.2, 0.25) is 4.34 Å². The molecular weight excluding hydrogens is 514 g/mol. The minimum absolute atomic E-state index is 0.193. The fourth-order valence-corrected chi connectivity index (χ4v) is 8.26. The minimum atomic E-state index is -3.58. The van der Waals surface area contributed by atoms with Crippen molar-refractivity contribution < 1.29 is 17.9 Å². The summed E-state index contributed by atoms with van der Waals surface area (Å²) in [5, 5.41) is 0. The summed E-state index contributed by atoms with van der Waals surface area (Å²) in [7, 11) is -3.58. The number of rotatable bonds is 7. The number of carbonyl (C=O) groups excluding carboxylic acids is 1. The summed E-state index contributed by atoms with van der Waals surface area (Å²) in [5.41, 5.74) is 3.44. The number of hydrogen-bond acceptors (Lipinski definition) is 6. The molecule has 1 amide bonds. The summed E-state index contributed by atoms with van der Waals surface area (Å²) in [4.78, 5) is 18.3. The third-order valence-corrected chi connectivity index (χ3v) is 10.8. The van der Waals surface area contributed by atoms with Gasteiger partial charge in [-0.2, -0.15) is 9.30 Å². The van der Waals surface area contributed by atoms with Gasteiger partial charge in [0, 0.05) is 32.2 Å². The molecular formula is C23H28ClN3O4S3. The quantitative estimate of drug-likeness (QED) is 0.409.